The van der Waals surface area contributed by atoms with Gasteiger partial charge in [-0.2, -0.15) is 0 Å². The van der Waals surface area contributed by atoms with Crippen LogP contribution in [0.1, 0.15) is 6.92 Å². The highest BCUT2D eigenvalue weighted by Crippen LogP contribution is 2.01. The quantitative estimate of drug-likeness (QED) is 0.545. The van der Waals surface area contributed by atoms with Crippen molar-refractivity contribution in [1.82, 2.24) is 9.55 Å². The fraction of sp³-hybridized carbons (Fsp3) is 0.200. The van der Waals surface area contributed by atoms with Crippen LogP contribution in [0.5, 0.6) is 0 Å². The second-order valence-electron chi connectivity index (χ2n) is 3.33. The lowest BCUT2D eigenvalue weighted by Crippen LogP contribution is -2.28. The van der Waals surface area contributed by atoms with Crippen molar-refractivity contribution in [3.63, 3.8) is 0 Å². The molecule has 1 aromatic heterocycles. The van der Waals surface area contributed by atoms with Crippen LogP contribution in [0, 0.1) is 0 Å². The number of hydrogen-bond acceptors (Lipinski definition) is 2. The summed E-state index contributed by atoms with van der Waals surface area (Å²) in [6, 6.07) is 3.19. The first-order chi connectivity index (χ1) is 7.13. The van der Waals surface area contributed by atoms with E-state index in [1.165, 1.54) is 10.9 Å². The Morgan fingerprint density at radius 2 is 2.00 bits per heavy atom. The number of rotatable bonds is 1. The maximum Gasteiger partial charge on any atom is 0.261 e. The Bertz CT molecular complexity index is 577. The zero-order valence-electron chi connectivity index (χ0n) is 8.40. The Morgan fingerprint density at radius 3 is 2.67 bits per heavy atom. The average Bonchev–Trinajstić information content (AvgIpc) is 2.22. The fourth-order valence-electron chi connectivity index (χ4n) is 1.46. The molecule has 0 atom stereocenters. The highest BCUT2D eigenvalue weighted by Gasteiger charge is 2.04. The first-order valence-corrected chi connectivity index (χ1v) is 4.67. The van der Waals surface area contributed by atoms with E-state index in [4.69, 9.17) is 15.7 Å². The largest absolute Gasteiger partial charge is 0.299 e. The minimum atomic E-state index is -0.0887. The summed E-state index contributed by atoms with van der Waals surface area (Å²) in [6.45, 7) is 2.47. The molecule has 0 saturated heterocycles. The molecular weight excluding hydrogens is 186 g/mol. The van der Waals surface area contributed by atoms with E-state index in [1.54, 1.807) is 12.1 Å². The Kier molecular flexibility index (Phi) is 2.39. The van der Waals surface area contributed by atoms with Gasteiger partial charge in [0.05, 0.1) is 17.2 Å². The Labute approximate surface area is 90.0 Å². The van der Waals surface area contributed by atoms with Gasteiger partial charge in [-0.1, -0.05) is 6.07 Å². The van der Waals surface area contributed by atoms with E-state index in [0.29, 0.717) is 28.4 Å². The third-order valence-electron chi connectivity index (χ3n) is 2.37. The van der Waals surface area contributed by atoms with Crippen LogP contribution >= 0.6 is 0 Å². The smallest absolute Gasteiger partial charge is 0.261 e. The standard InChI is InChI=1S/C10H8B2N2O/c1-2-14-5-13-9-4-8(12)7(11)3-6(9)10(14)15/h3-5H,2H2,1H3. The summed E-state index contributed by atoms with van der Waals surface area (Å²) >= 11 is 0. The van der Waals surface area contributed by atoms with E-state index in [2.05, 4.69) is 4.98 Å². The molecule has 0 aliphatic carbocycles. The number of benzene rings is 1. The molecule has 0 aliphatic rings. The van der Waals surface area contributed by atoms with Gasteiger partial charge in [0, 0.05) is 6.54 Å². The van der Waals surface area contributed by atoms with Crippen molar-refractivity contribution in [1.29, 1.82) is 0 Å². The molecule has 1 aromatic carbocycles. The molecule has 1 heterocycles. The second kappa shape index (κ2) is 3.57. The monoisotopic (exact) mass is 194 g/mol. The Balaban J connectivity index is 2.88. The van der Waals surface area contributed by atoms with Gasteiger partial charge in [0.15, 0.2) is 0 Å². The Hall–Kier alpha value is -1.51. The molecule has 0 fully saturated rings. The molecule has 15 heavy (non-hydrogen) atoms. The molecule has 2 aromatic rings. The highest BCUT2D eigenvalue weighted by molar-refractivity contribution is 6.49. The topological polar surface area (TPSA) is 34.9 Å². The summed E-state index contributed by atoms with van der Waals surface area (Å²) in [4.78, 5) is 16.0. The van der Waals surface area contributed by atoms with Crippen molar-refractivity contribution in [2.24, 2.45) is 0 Å². The summed E-state index contributed by atoms with van der Waals surface area (Å²) in [5, 5.41) is 0.506. The van der Waals surface area contributed by atoms with Gasteiger partial charge in [0.1, 0.15) is 15.7 Å². The van der Waals surface area contributed by atoms with E-state index in [9.17, 15) is 4.79 Å². The van der Waals surface area contributed by atoms with Gasteiger partial charge in [0.2, 0.25) is 0 Å². The summed E-state index contributed by atoms with van der Waals surface area (Å²) in [5.41, 5.74) is 1.35. The van der Waals surface area contributed by atoms with Crippen molar-refractivity contribution in [2.45, 2.75) is 13.5 Å². The first-order valence-electron chi connectivity index (χ1n) is 4.67. The minimum Gasteiger partial charge on any atom is -0.299 e. The van der Waals surface area contributed by atoms with Crippen LogP contribution in [0.25, 0.3) is 10.9 Å². The maximum atomic E-state index is 11.8. The van der Waals surface area contributed by atoms with Gasteiger partial charge in [0.25, 0.3) is 5.56 Å². The van der Waals surface area contributed by atoms with Crippen molar-refractivity contribution in [3.05, 3.63) is 28.8 Å². The van der Waals surface area contributed by atoms with Crippen molar-refractivity contribution < 1.29 is 0 Å². The number of fused-ring (bicyclic) bond motifs is 1. The van der Waals surface area contributed by atoms with Crippen LogP contribution in [0.15, 0.2) is 23.3 Å². The van der Waals surface area contributed by atoms with E-state index >= 15 is 0 Å². The number of aryl methyl sites for hydroxylation is 1. The lowest BCUT2D eigenvalue weighted by Gasteiger charge is -2.06. The molecule has 0 spiro atoms. The van der Waals surface area contributed by atoms with Crippen LogP contribution < -0.4 is 16.5 Å². The van der Waals surface area contributed by atoms with Gasteiger partial charge < -0.3 is 0 Å². The van der Waals surface area contributed by atoms with Crippen molar-refractivity contribution >= 4 is 37.5 Å². The third kappa shape index (κ3) is 1.58. The normalized spacial score (nSPS) is 10.7. The molecule has 5 heteroatoms. The molecule has 2 rings (SSSR count). The fourth-order valence-corrected chi connectivity index (χ4v) is 1.46. The molecule has 0 saturated carbocycles. The summed E-state index contributed by atoms with van der Waals surface area (Å²) < 4.78 is 1.53. The van der Waals surface area contributed by atoms with Crippen LogP contribution in [-0.4, -0.2) is 25.2 Å². The van der Waals surface area contributed by atoms with E-state index in [1.807, 2.05) is 6.92 Å². The molecule has 0 N–H and O–H groups in total. The van der Waals surface area contributed by atoms with Gasteiger partial charge in [-0.05, 0) is 13.0 Å². The van der Waals surface area contributed by atoms with Crippen LogP contribution in [0.2, 0.25) is 0 Å². The third-order valence-corrected chi connectivity index (χ3v) is 2.37. The van der Waals surface area contributed by atoms with Gasteiger partial charge in [-0.15, -0.1) is 10.9 Å². The first kappa shape index (κ1) is 10.0. The lowest BCUT2D eigenvalue weighted by atomic mass is 9.80. The molecule has 3 nitrogen and oxygen atoms in total. The van der Waals surface area contributed by atoms with Crippen LogP contribution in [0.3, 0.4) is 0 Å². The molecular formula is C10H8B2N2O. The summed E-state index contributed by atoms with van der Waals surface area (Å²) in [7, 11) is 11.3. The zero-order valence-corrected chi connectivity index (χ0v) is 8.40. The SMILES string of the molecule is [B]c1cc2ncn(CC)c(=O)c2cc1[B]. The molecule has 70 valence electrons. The van der Waals surface area contributed by atoms with E-state index in [0.717, 1.165) is 0 Å². The van der Waals surface area contributed by atoms with Gasteiger partial charge in [-0.3, -0.25) is 9.36 Å². The molecule has 0 amide bonds. The minimum absolute atomic E-state index is 0.0887. The molecule has 0 aliphatic heterocycles. The zero-order chi connectivity index (χ0) is 11.0. The summed E-state index contributed by atoms with van der Waals surface area (Å²) in [6.07, 6.45) is 1.51. The number of nitrogens with zero attached hydrogens (tertiary/aromatic N) is 2. The highest BCUT2D eigenvalue weighted by atomic mass is 16.1. The van der Waals surface area contributed by atoms with E-state index < -0.39 is 0 Å². The number of aromatic nitrogens is 2. The number of hydrogen-bond donors (Lipinski definition) is 0. The van der Waals surface area contributed by atoms with Crippen LogP contribution in [0.4, 0.5) is 0 Å². The predicted octanol–water partition coefficient (Wildman–Crippen LogP) is -0.996. The second-order valence-corrected chi connectivity index (χ2v) is 3.33. The molecule has 0 unspecified atom stereocenters. The molecule has 0 bridgehead atoms. The summed E-state index contributed by atoms with van der Waals surface area (Å²) in [5.74, 6) is 0. The van der Waals surface area contributed by atoms with Gasteiger partial charge in [-0.25, -0.2) is 4.98 Å². The van der Waals surface area contributed by atoms with Crippen molar-refractivity contribution in [3.8, 4) is 0 Å². The van der Waals surface area contributed by atoms with Crippen molar-refractivity contribution in [2.75, 3.05) is 0 Å². The van der Waals surface area contributed by atoms with Crippen LogP contribution in [-0.2, 0) is 6.54 Å². The van der Waals surface area contributed by atoms with E-state index in [-0.39, 0.29) is 5.56 Å². The Morgan fingerprint density at radius 1 is 1.33 bits per heavy atom. The average molecular weight is 194 g/mol. The molecule has 4 radical (unpaired) electrons. The predicted molar refractivity (Wildman–Crippen MR) is 62.5 cm³/mol. The lowest BCUT2D eigenvalue weighted by molar-refractivity contribution is 0.717. The van der Waals surface area contributed by atoms with Gasteiger partial charge >= 0.3 is 0 Å². The maximum absolute atomic E-state index is 11.8.